The summed E-state index contributed by atoms with van der Waals surface area (Å²) in [6.07, 6.45) is 1.80. The maximum atomic E-state index is 12.4. The van der Waals surface area contributed by atoms with Crippen LogP contribution in [0.4, 0.5) is 5.82 Å². The van der Waals surface area contributed by atoms with Gasteiger partial charge in [-0.1, -0.05) is 35.0 Å². The van der Waals surface area contributed by atoms with E-state index in [0.717, 1.165) is 34.1 Å². The van der Waals surface area contributed by atoms with Crippen LogP contribution >= 0.6 is 15.9 Å². The SMILES string of the molecule is CCc1c(NC(=O)[C@@H]2CC[C@H](CN)O2)n[nH]c1-c1ccc(Br)cc1. The van der Waals surface area contributed by atoms with Crippen molar-refractivity contribution in [3.63, 3.8) is 0 Å². The summed E-state index contributed by atoms with van der Waals surface area (Å²) in [4.78, 5) is 12.4. The zero-order valence-corrected chi connectivity index (χ0v) is 15.1. The third-order valence-electron chi connectivity index (χ3n) is 4.26. The largest absolute Gasteiger partial charge is 0.364 e. The molecule has 1 fully saturated rings. The predicted octanol–water partition coefficient (Wildman–Crippen LogP) is 2.85. The van der Waals surface area contributed by atoms with Crippen molar-refractivity contribution >= 4 is 27.7 Å². The number of nitrogens with zero attached hydrogens (tertiary/aromatic N) is 1. The fourth-order valence-corrected chi connectivity index (χ4v) is 3.20. The van der Waals surface area contributed by atoms with Gasteiger partial charge in [-0.25, -0.2) is 0 Å². The first-order chi connectivity index (χ1) is 11.6. The van der Waals surface area contributed by atoms with E-state index in [1.54, 1.807) is 0 Å². The molecule has 1 aliphatic heterocycles. The molecule has 24 heavy (non-hydrogen) atoms. The van der Waals surface area contributed by atoms with Gasteiger partial charge in [0.1, 0.15) is 6.10 Å². The van der Waals surface area contributed by atoms with E-state index >= 15 is 0 Å². The van der Waals surface area contributed by atoms with Gasteiger partial charge in [-0.3, -0.25) is 9.89 Å². The van der Waals surface area contributed by atoms with Crippen LogP contribution in [0.1, 0.15) is 25.3 Å². The molecule has 1 aliphatic rings. The average molecular weight is 393 g/mol. The number of nitrogens with two attached hydrogens (primary N) is 1. The van der Waals surface area contributed by atoms with Crippen molar-refractivity contribution in [1.82, 2.24) is 10.2 Å². The second-order valence-electron chi connectivity index (χ2n) is 5.84. The fourth-order valence-electron chi connectivity index (χ4n) is 2.94. The molecule has 0 unspecified atom stereocenters. The van der Waals surface area contributed by atoms with Crippen molar-refractivity contribution in [2.45, 2.75) is 38.4 Å². The van der Waals surface area contributed by atoms with Gasteiger partial charge in [0.2, 0.25) is 0 Å². The molecule has 1 aromatic carbocycles. The van der Waals surface area contributed by atoms with Crippen LogP contribution in [0.15, 0.2) is 28.7 Å². The third-order valence-corrected chi connectivity index (χ3v) is 4.79. The number of nitrogens with one attached hydrogen (secondary N) is 2. The number of halogens is 1. The van der Waals surface area contributed by atoms with Crippen molar-refractivity contribution in [3.05, 3.63) is 34.3 Å². The topological polar surface area (TPSA) is 93.0 Å². The third kappa shape index (κ3) is 3.53. The van der Waals surface area contributed by atoms with Crippen molar-refractivity contribution in [3.8, 4) is 11.3 Å². The fraction of sp³-hybridized carbons (Fsp3) is 0.412. The number of H-pyrrole nitrogens is 1. The summed E-state index contributed by atoms with van der Waals surface area (Å²) < 4.78 is 6.66. The smallest absolute Gasteiger partial charge is 0.254 e. The zero-order chi connectivity index (χ0) is 17.1. The summed E-state index contributed by atoms with van der Waals surface area (Å²) in [5.74, 6) is 0.412. The number of rotatable bonds is 5. The number of anilines is 1. The van der Waals surface area contributed by atoms with E-state index in [1.165, 1.54) is 0 Å². The Bertz CT molecular complexity index is 714. The molecule has 1 aromatic heterocycles. The first-order valence-corrected chi connectivity index (χ1v) is 8.91. The Labute approximate surface area is 149 Å². The number of aromatic amines is 1. The number of amides is 1. The molecule has 3 rings (SSSR count). The first-order valence-electron chi connectivity index (χ1n) is 8.12. The first kappa shape index (κ1) is 17.1. The molecule has 0 saturated carbocycles. The summed E-state index contributed by atoms with van der Waals surface area (Å²) >= 11 is 3.43. The molecule has 2 atom stereocenters. The molecule has 1 saturated heterocycles. The van der Waals surface area contributed by atoms with Gasteiger partial charge in [-0.15, -0.1) is 0 Å². The summed E-state index contributed by atoms with van der Waals surface area (Å²) in [5.41, 5.74) is 8.54. The average Bonchev–Trinajstić information content (AvgIpc) is 3.22. The van der Waals surface area contributed by atoms with Gasteiger partial charge in [0.05, 0.1) is 11.8 Å². The van der Waals surface area contributed by atoms with Gasteiger partial charge in [-0.05, 0) is 37.0 Å². The lowest BCUT2D eigenvalue weighted by Crippen LogP contribution is -2.30. The minimum Gasteiger partial charge on any atom is -0.364 e. The lowest BCUT2D eigenvalue weighted by atomic mass is 10.1. The van der Waals surface area contributed by atoms with Crippen LogP contribution in [0, 0.1) is 0 Å². The second kappa shape index (κ2) is 7.46. The van der Waals surface area contributed by atoms with E-state index in [2.05, 4.69) is 31.4 Å². The molecule has 0 spiro atoms. The molecule has 128 valence electrons. The molecule has 7 heteroatoms. The molecule has 4 N–H and O–H groups in total. The van der Waals surface area contributed by atoms with E-state index < -0.39 is 6.10 Å². The molecule has 0 aliphatic carbocycles. The summed E-state index contributed by atoms with van der Waals surface area (Å²) in [7, 11) is 0. The molecule has 2 aromatic rings. The van der Waals surface area contributed by atoms with Crippen LogP contribution in [0.5, 0.6) is 0 Å². The van der Waals surface area contributed by atoms with E-state index in [4.69, 9.17) is 10.5 Å². The van der Waals surface area contributed by atoms with Crippen LogP contribution in [-0.2, 0) is 16.0 Å². The minimum absolute atomic E-state index is 0.0242. The molecular weight excluding hydrogens is 372 g/mol. The summed E-state index contributed by atoms with van der Waals surface area (Å²) in [6, 6.07) is 7.98. The number of ether oxygens (including phenoxy) is 1. The number of hydrogen-bond acceptors (Lipinski definition) is 4. The standard InChI is InChI=1S/C17H21BrN4O2/c1-2-13-15(10-3-5-11(18)6-4-10)21-22-16(13)20-17(23)14-8-7-12(9-19)24-14/h3-6,12,14H,2,7-9,19H2,1H3,(H2,20,21,22,23)/t12-,14+/m1/s1. The normalized spacial score (nSPS) is 20.3. The van der Waals surface area contributed by atoms with E-state index in [-0.39, 0.29) is 12.0 Å². The van der Waals surface area contributed by atoms with Crippen LogP contribution in [0.2, 0.25) is 0 Å². The Morgan fingerprint density at radius 2 is 2.17 bits per heavy atom. The number of benzene rings is 1. The highest BCUT2D eigenvalue weighted by Crippen LogP contribution is 2.29. The molecule has 6 nitrogen and oxygen atoms in total. The molecule has 1 amide bonds. The highest BCUT2D eigenvalue weighted by Gasteiger charge is 2.30. The highest BCUT2D eigenvalue weighted by atomic mass is 79.9. The van der Waals surface area contributed by atoms with Gasteiger partial charge >= 0.3 is 0 Å². The van der Waals surface area contributed by atoms with Crippen LogP contribution in [-0.4, -0.2) is 34.9 Å². The van der Waals surface area contributed by atoms with Gasteiger partial charge < -0.3 is 15.8 Å². The van der Waals surface area contributed by atoms with Crippen LogP contribution in [0.3, 0.4) is 0 Å². The van der Waals surface area contributed by atoms with Crippen molar-refractivity contribution in [2.75, 3.05) is 11.9 Å². The predicted molar refractivity (Wildman–Crippen MR) is 96.7 cm³/mol. The second-order valence-corrected chi connectivity index (χ2v) is 6.75. The number of carbonyl (C=O) groups is 1. The van der Waals surface area contributed by atoms with Gasteiger partial charge in [0, 0.05) is 16.6 Å². The quantitative estimate of drug-likeness (QED) is 0.728. The van der Waals surface area contributed by atoms with Crippen molar-refractivity contribution in [2.24, 2.45) is 5.73 Å². The van der Waals surface area contributed by atoms with Gasteiger partial charge in [-0.2, -0.15) is 5.10 Å². The summed E-state index contributed by atoms with van der Waals surface area (Å²) in [5, 5.41) is 10.2. The Kier molecular flexibility index (Phi) is 5.33. The maximum absolute atomic E-state index is 12.4. The zero-order valence-electron chi connectivity index (χ0n) is 13.5. The van der Waals surface area contributed by atoms with Crippen molar-refractivity contribution in [1.29, 1.82) is 0 Å². The number of hydrogen-bond donors (Lipinski definition) is 3. The van der Waals surface area contributed by atoms with Crippen LogP contribution < -0.4 is 11.1 Å². The van der Waals surface area contributed by atoms with E-state index in [0.29, 0.717) is 18.8 Å². The van der Waals surface area contributed by atoms with Gasteiger partial charge in [0.25, 0.3) is 5.91 Å². The van der Waals surface area contributed by atoms with Crippen molar-refractivity contribution < 1.29 is 9.53 Å². The van der Waals surface area contributed by atoms with E-state index in [1.807, 2.05) is 31.2 Å². The summed E-state index contributed by atoms with van der Waals surface area (Å²) in [6.45, 7) is 2.49. The minimum atomic E-state index is -0.448. The maximum Gasteiger partial charge on any atom is 0.254 e. The Balaban J connectivity index is 1.77. The molecule has 0 radical (unpaired) electrons. The molecule has 0 bridgehead atoms. The Hall–Kier alpha value is -1.70. The molecular formula is C17H21BrN4O2. The Morgan fingerprint density at radius 3 is 2.79 bits per heavy atom. The van der Waals surface area contributed by atoms with E-state index in [9.17, 15) is 4.79 Å². The lowest BCUT2D eigenvalue weighted by Gasteiger charge is -2.12. The lowest BCUT2D eigenvalue weighted by molar-refractivity contribution is -0.126. The highest BCUT2D eigenvalue weighted by molar-refractivity contribution is 9.10. The monoisotopic (exact) mass is 392 g/mol. The van der Waals surface area contributed by atoms with Crippen LogP contribution in [0.25, 0.3) is 11.3 Å². The number of aromatic nitrogens is 2. The number of carbonyl (C=O) groups excluding carboxylic acids is 1. The van der Waals surface area contributed by atoms with Gasteiger partial charge in [0.15, 0.2) is 5.82 Å². The molecule has 2 heterocycles. The Morgan fingerprint density at radius 1 is 1.42 bits per heavy atom.